The summed E-state index contributed by atoms with van der Waals surface area (Å²) >= 11 is 0. The number of nitrogens with one attached hydrogen (secondary N) is 2. The van der Waals surface area contributed by atoms with Gasteiger partial charge >= 0.3 is 0 Å². The van der Waals surface area contributed by atoms with Gasteiger partial charge in [0, 0.05) is 46.7 Å². The molecule has 0 aliphatic carbocycles. The van der Waals surface area contributed by atoms with E-state index in [2.05, 4.69) is 21.6 Å². The van der Waals surface area contributed by atoms with Gasteiger partial charge in [0.25, 0.3) is 0 Å². The molecule has 1 atom stereocenters. The molecule has 0 radical (unpaired) electrons. The summed E-state index contributed by atoms with van der Waals surface area (Å²) in [5.41, 5.74) is 1.11. The monoisotopic (exact) mass is 563 g/mol. The van der Waals surface area contributed by atoms with E-state index in [-0.39, 0.29) is 35.9 Å². The van der Waals surface area contributed by atoms with Crippen LogP contribution in [0.1, 0.15) is 24.9 Å². The molecule has 1 saturated heterocycles. The van der Waals surface area contributed by atoms with Crippen LogP contribution in [0.5, 0.6) is 11.5 Å². The van der Waals surface area contributed by atoms with E-state index in [1.807, 2.05) is 19.1 Å². The van der Waals surface area contributed by atoms with Crippen molar-refractivity contribution in [3.05, 3.63) is 23.8 Å². The summed E-state index contributed by atoms with van der Waals surface area (Å²) in [7, 11) is 6.80. The fraction of sp³-hybridized carbons (Fsp3) is 0.636. The van der Waals surface area contributed by atoms with Gasteiger partial charge in [-0.1, -0.05) is 6.07 Å². The number of morpholine rings is 1. The number of guanidine groups is 1. The summed E-state index contributed by atoms with van der Waals surface area (Å²) in [5.74, 6) is 2.19. The van der Waals surface area contributed by atoms with E-state index in [0.717, 1.165) is 25.2 Å². The Morgan fingerprint density at radius 2 is 1.88 bits per heavy atom. The van der Waals surface area contributed by atoms with Crippen LogP contribution in [0.15, 0.2) is 23.2 Å². The van der Waals surface area contributed by atoms with E-state index in [1.54, 1.807) is 33.2 Å². The molecule has 2 N–H and O–H groups in total. The molecule has 0 saturated carbocycles. The van der Waals surface area contributed by atoms with Crippen molar-refractivity contribution in [3.8, 4) is 11.5 Å². The highest BCUT2D eigenvalue weighted by Gasteiger charge is 2.24. The first kappa shape index (κ1) is 28.2. The average molecular weight is 563 g/mol. The first-order valence-corrected chi connectivity index (χ1v) is 10.8. The third kappa shape index (κ3) is 8.62. The molecule has 2 rings (SSSR count). The van der Waals surface area contributed by atoms with E-state index in [0.29, 0.717) is 50.2 Å². The lowest BCUT2D eigenvalue weighted by Crippen LogP contribution is -2.42. The molecule has 0 spiro atoms. The Balaban J connectivity index is 0.00000512. The number of methoxy groups -OCH3 is 2. The topological polar surface area (TPSA) is 87.7 Å². The minimum Gasteiger partial charge on any atom is -0.493 e. The first-order valence-electron chi connectivity index (χ1n) is 10.8. The molecule has 0 aromatic heterocycles. The van der Waals surface area contributed by atoms with E-state index in [9.17, 15) is 4.79 Å². The fourth-order valence-electron chi connectivity index (χ4n) is 3.41. The highest BCUT2D eigenvalue weighted by Crippen LogP contribution is 2.32. The molecule has 1 heterocycles. The number of rotatable bonds is 10. The van der Waals surface area contributed by atoms with Gasteiger partial charge in [-0.05, 0) is 24.6 Å². The third-order valence-electron chi connectivity index (χ3n) is 5.18. The van der Waals surface area contributed by atoms with Crippen molar-refractivity contribution in [1.82, 2.24) is 20.4 Å². The number of halogens is 1. The second-order valence-corrected chi connectivity index (χ2v) is 7.46. The largest absolute Gasteiger partial charge is 0.493 e. The van der Waals surface area contributed by atoms with Crippen molar-refractivity contribution < 1.29 is 19.0 Å². The number of nitrogens with zero attached hydrogens (tertiary/aromatic N) is 3. The molecule has 1 fully saturated rings. The number of hydrogen-bond acceptors (Lipinski definition) is 6. The molecule has 9 nitrogen and oxygen atoms in total. The van der Waals surface area contributed by atoms with Crippen LogP contribution >= 0.6 is 24.0 Å². The molecule has 1 unspecified atom stereocenters. The van der Waals surface area contributed by atoms with Crippen LogP contribution in [0.2, 0.25) is 0 Å². The maximum atomic E-state index is 11.8. The van der Waals surface area contributed by atoms with E-state index < -0.39 is 0 Å². The molecule has 1 aromatic rings. The Morgan fingerprint density at radius 1 is 1.19 bits per heavy atom. The van der Waals surface area contributed by atoms with E-state index >= 15 is 0 Å². The number of carbonyl (C=O) groups excluding carboxylic acids is 1. The molecular formula is C22H38IN5O4. The standard InChI is InChI=1S/C22H37N5O4.HI/c1-6-23-22(24-10-9-21(28)26(2)3)25-16-18(27-11-13-31-14-12-27)17-7-8-19(29-4)20(15-17)30-5;/h7-8,15,18H,6,9-14,16H2,1-5H3,(H2,23,24,25);1H. The van der Waals surface area contributed by atoms with E-state index in [1.165, 1.54) is 0 Å². The second-order valence-electron chi connectivity index (χ2n) is 7.46. The Bertz CT molecular complexity index is 726. The Morgan fingerprint density at radius 3 is 2.47 bits per heavy atom. The van der Waals surface area contributed by atoms with Crippen molar-refractivity contribution in [3.63, 3.8) is 0 Å². The predicted molar refractivity (Wildman–Crippen MR) is 137 cm³/mol. The molecule has 182 valence electrons. The van der Waals surface area contributed by atoms with Gasteiger partial charge in [-0.15, -0.1) is 24.0 Å². The van der Waals surface area contributed by atoms with Gasteiger partial charge in [-0.2, -0.15) is 0 Å². The molecule has 32 heavy (non-hydrogen) atoms. The van der Waals surface area contributed by atoms with Crippen molar-refractivity contribution in [1.29, 1.82) is 0 Å². The highest BCUT2D eigenvalue weighted by atomic mass is 127. The number of hydrogen-bond donors (Lipinski definition) is 2. The minimum atomic E-state index is 0. The lowest BCUT2D eigenvalue weighted by atomic mass is 10.0. The molecule has 1 aliphatic rings. The zero-order valence-electron chi connectivity index (χ0n) is 19.8. The van der Waals surface area contributed by atoms with Crippen molar-refractivity contribution in [2.45, 2.75) is 19.4 Å². The van der Waals surface area contributed by atoms with Crippen molar-refractivity contribution in [2.24, 2.45) is 4.99 Å². The van der Waals surface area contributed by atoms with Crippen molar-refractivity contribution in [2.75, 3.05) is 74.3 Å². The maximum absolute atomic E-state index is 11.8. The average Bonchev–Trinajstić information content (AvgIpc) is 2.79. The van der Waals surface area contributed by atoms with Crippen LogP contribution in [0.3, 0.4) is 0 Å². The SMILES string of the molecule is CCNC(=NCC(c1ccc(OC)c(OC)c1)N1CCOCC1)NCCC(=O)N(C)C.I. The van der Waals surface area contributed by atoms with Crippen LogP contribution in [-0.2, 0) is 9.53 Å². The van der Waals surface area contributed by atoms with Crippen LogP contribution in [0.4, 0.5) is 0 Å². The smallest absolute Gasteiger partial charge is 0.223 e. The Hall–Kier alpha value is -1.79. The summed E-state index contributed by atoms with van der Waals surface area (Å²) in [5, 5.41) is 6.52. The maximum Gasteiger partial charge on any atom is 0.223 e. The van der Waals surface area contributed by atoms with Crippen molar-refractivity contribution >= 4 is 35.8 Å². The summed E-state index contributed by atoms with van der Waals surface area (Å²) in [6.45, 7) is 6.96. The van der Waals surface area contributed by atoms with Gasteiger partial charge in [-0.3, -0.25) is 14.7 Å². The molecule has 10 heteroatoms. The quantitative estimate of drug-likeness (QED) is 0.255. The second kappa shape index (κ2) is 15.1. The minimum absolute atomic E-state index is 0. The summed E-state index contributed by atoms with van der Waals surface area (Å²) in [6.07, 6.45) is 0.417. The Kier molecular flexibility index (Phi) is 13.3. The van der Waals surface area contributed by atoms with Gasteiger partial charge in [-0.25, -0.2) is 0 Å². The zero-order valence-corrected chi connectivity index (χ0v) is 22.2. The lowest BCUT2D eigenvalue weighted by molar-refractivity contribution is -0.128. The zero-order chi connectivity index (χ0) is 22.6. The van der Waals surface area contributed by atoms with Crippen LogP contribution < -0.4 is 20.1 Å². The van der Waals surface area contributed by atoms with Crippen LogP contribution in [0.25, 0.3) is 0 Å². The number of carbonyl (C=O) groups is 1. The summed E-state index contributed by atoms with van der Waals surface area (Å²) < 4.78 is 16.4. The number of amides is 1. The summed E-state index contributed by atoms with van der Waals surface area (Å²) in [4.78, 5) is 20.6. The van der Waals surface area contributed by atoms with Gasteiger partial charge in [0.05, 0.1) is 40.0 Å². The van der Waals surface area contributed by atoms with Gasteiger partial charge in [0.15, 0.2) is 17.5 Å². The molecule has 1 aromatic carbocycles. The predicted octanol–water partition coefficient (Wildman–Crippen LogP) is 1.73. The normalized spacial score (nSPS) is 15.3. The van der Waals surface area contributed by atoms with E-state index in [4.69, 9.17) is 19.2 Å². The van der Waals surface area contributed by atoms with Crippen LogP contribution in [-0.4, -0.2) is 95.9 Å². The van der Waals surface area contributed by atoms with Gasteiger partial charge in [0.2, 0.25) is 5.91 Å². The third-order valence-corrected chi connectivity index (χ3v) is 5.18. The number of aliphatic imine (C=N–C) groups is 1. The van der Waals surface area contributed by atoms with Crippen LogP contribution in [0, 0.1) is 0 Å². The van der Waals surface area contributed by atoms with Gasteiger partial charge in [0.1, 0.15) is 0 Å². The summed E-state index contributed by atoms with van der Waals surface area (Å²) in [6, 6.07) is 6.09. The first-order chi connectivity index (χ1) is 15.0. The highest BCUT2D eigenvalue weighted by molar-refractivity contribution is 14.0. The molecule has 1 amide bonds. The number of benzene rings is 1. The van der Waals surface area contributed by atoms with Gasteiger partial charge < -0.3 is 29.7 Å². The molecular weight excluding hydrogens is 525 g/mol. The number of ether oxygens (including phenoxy) is 3. The molecule has 0 bridgehead atoms. The molecule has 1 aliphatic heterocycles. The lowest BCUT2D eigenvalue weighted by Gasteiger charge is -2.34. The fourth-order valence-corrected chi connectivity index (χ4v) is 3.41. The Labute approximate surface area is 208 Å².